The van der Waals surface area contributed by atoms with Gasteiger partial charge < -0.3 is 11.5 Å². The number of nitrogens with zero attached hydrogens (tertiary/aromatic N) is 2. The maximum absolute atomic E-state index is 5.82. The van der Waals surface area contributed by atoms with Gasteiger partial charge in [0.25, 0.3) is 0 Å². The predicted octanol–water partition coefficient (Wildman–Crippen LogP) is 5.38. The summed E-state index contributed by atoms with van der Waals surface area (Å²) in [6.07, 6.45) is 3.55. The van der Waals surface area contributed by atoms with Crippen molar-refractivity contribution >= 4 is 33.2 Å². The van der Waals surface area contributed by atoms with Gasteiger partial charge in [0.2, 0.25) is 0 Å². The molecule has 5 aromatic rings. The van der Waals surface area contributed by atoms with Crippen LogP contribution in [0.4, 0.5) is 11.4 Å². The fourth-order valence-electron chi connectivity index (χ4n) is 3.45. The molecule has 0 aliphatic carbocycles. The summed E-state index contributed by atoms with van der Waals surface area (Å²) in [5.41, 5.74) is 18.1. The van der Waals surface area contributed by atoms with Crippen LogP contribution in [-0.4, -0.2) is 9.97 Å². The second kappa shape index (κ2) is 9.14. The van der Waals surface area contributed by atoms with E-state index < -0.39 is 0 Å². The van der Waals surface area contributed by atoms with E-state index >= 15 is 0 Å². The first-order valence-electron chi connectivity index (χ1n) is 10.1. The van der Waals surface area contributed by atoms with E-state index in [9.17, 15) is 0 Å². The second-order valence-corrected chi connectivity index (χ2v) is 7.41. The smallest absolute Gasteiger partial charge is 0.0965 e. The van der Waals surface area contributed by atoms with Gasteiger partial charge in [-0.05, 0) is 48.5 Å². The molecule has 0 aliphatic rings. The molecule has 3 aromatic carbocycles. The van der Waals surface area contributed by atoms with Crippen LogP contribution in [0.1, 0.15) is 29.7 Å². The number of hydrogen-bond acceptors (Lipinski definition) is 4. The molecule has 0 saturated carbocycles. The third-order valence-corrected chi connectivity index (χ3v) is 4.98. The van der Waals surface area contributed by atoms with E-state index in [0.29, 0.717) is 11.4 Å². The molecule has 0 atom stereocenters. The highest BCUT2D eigenvalue weighted by Gasteiger charge is 2.05. The van der Waals surface area contributed by atoms with Gasteiger partial charge in [-0.1, -0.05) is 55.4 Å². The molecule has 0 saturated heterocycles. The van der Waals surface area contributed by atoms with Crippen LogP contribution in [0.25, 0.3) is 21.8 Å². The molecule has 5 rings (SSSR count). The Labute approximate surface area is 193 Å². The van der Waals surface area contributed by atoms with Crippen molar-refractivity contribution < 1.29 is 0 Å². The van der Waals surface area contributed by atoms with Crippen molar-refractivity contribution in [1.82, 2.24) is 9.97 Å². The molecule has 158 valence electrons. The highest BCUT2D eigenvalue weighted by Crippen LogP contribution is 2.23. The zero-order chi connectivity index (χ0) is 21.9. The number of nitrogens with two attached hydrogens (primary N) is 2. The van der Waals surface area contributed by atoms with E-state index in [2.05, 4.69) is 33.6 Å². The van der Waals surface area contributed by atoms with E-state index in [-0.39, 0.29) is 7.43 Å². The Bertz CT molecular complexity index is 1490. The molecule has 0 amide bonds. The Kier molecular flexibility index (Phi) is 5.94. The van der Waals surface area contributed by atoms with Crippen LogP contribution in [0, 0.1) is 23.7 Å². The monoisotopic (exact) mass is 426 g/mol. The van der Waals surface area contributed by atoms with Crippen molar-refractivity contribution in [1.29, 1.82) is 0 Å². The van der Waals surface area contributed by atoms with Gasteiger partial charge in [0.05, 0.1) is 11.0 Å². The molecule has 0 unspecified atom stereocenters. The largest absolute Gasteiger partial charge is 0.399 e. The molecule has 2 aromatic heterocycles. The minimum absolute atomic E-state index is 0. The predicted molar refractivity (Wildman–Crippen MR) is 137 cm³/mol. The van der Waals surface area contributed by atoms with Crippen LogP contribution in [0.15, 0.2) is 85.2 Å². The number of nitrogen functional groups attached to an aromatic ring is 2. The number of benzene rings is 3. The molecular weight excluding hydrogens is 404 g/mol. The first kappa shape index (κ1) is 21.4. The first-order chi connectivity index (χ1) is 15.6. The van der Waals surface area contributed by atoms with Gasteiger partial charge in [-0.15, -0.1) is 0 Å². The molecule has 4 nitrogen and oxygen atoms in total. The molecule has 4 N–H and O–H groups in total. The topological polar surface area (TPSA) is 77.8 Å². The highest BCUT2D eigenvalue weighted by molar-refractivity contribution is 6.03. The van der Waals surface area contributed by atoms with Gasteiger partial charge in [-0.25, -0.2) is 0 Å². The zero-order valence-corrected chi connectivity index (χ0v) is 17.1. The van der Waals surface area contributed by atoms with E-state index in [1.807, 2.05) is 72.8 Å². The fourth-order valence-corrected chi connectivity index (χ4v) is 3.45. The number of pyridine rings is 2. The van der Waals surface area contributed by atoms with Gasteiger partial charge >= 0.3 is 0 Å². The number of rotatable bonds is 0. The molecule has 0 bridgehead atoms. The number of aromatic nitrogens is 2. The van der Waals surface area contributed by atoms with Gasteiger partial charge in [-0.3, -0.25) is 9.97 Å². The summed E-state index contributed by atoms with van der Waals surface area (Å²) in [5, 5.41) is 1.98. The van der Waals surface area contributed by atoms with Crippen molar-refractivity contribution in [3.63, 3.8) is 0 Å². The minimum Gasteiger partial charge on any atom is -0.399 e. The molecular formula is C29H22N4. The maximum Gasteiger partial charge on any atom is 0.0965 e. The standard InChI is InChI=1S/C28H18N4.CH4/c29-25-5-1-3-19(15-25)7-9-21-13-23-11-12-24-14-22(18-32-28(24)27(23)31-17-21)10-8-20-4-2-6-26(30)16-20;/h1-6,11-18H,29-30H2;1H4. The number of hydrogen-bond donors (Lipinski definition) is 2. The van der Waals surface area contributed by atoms with Gasteiger partial charge in [-0.2, -0.15) is 0 Å². The SMILES string of the molecule is C.Nc1cccc(C#Cc2cnc3c(ccc4cc(C#Cc5cccc(N)c5)cnc43)c2)c1. The summed E-state index contributed by atoms with van der Waals surface area (Å²) in [5.74, 6) is 12.6. The zero-order valence-electron chi connectivity index (χ0n) is 17.1. The third-order valence-electron chi connectivity index (χ3n) is 4.98. The summed E-state index contributed by atoms with van der Waals surface area (Å²) in [6, 6.07) is 23.2. The number of anilines is 2. The summed E-state index contributed by atoms with van der Waals surface area (Å²) in [6.45, 7) is 0. The van der Waals surface area contributed by atoms with E-state index in [4.69, 9.17) is 11.5 Å². The molecule has 0 spiro atoms. The fraction of sp³-hybridized carbons (Fsp3) is 0.0345. The van der Waals surface area contributed by atoms with E-state index in [0.717, 1.165) is 44.1 Å². The molecule has 2 heterocycles. The lowest BCUT2D eigenvalue weighted by Gasteiger charge is -2.03. The van der Waals surface area contributed by atoms with Crippen LogP contribution < -0.4 is 11.5 Å². The maximum atomic E-state index is 5.82. The Morgan fingerprint density at radius 3 is 1.36 bits per heavy atom. The average Bonchev–Trinajstić information content (AvgIpc) is 2.81. The molecule has 33 heavy (non-hydrogen) atoms. The van der Waals surface area contributed by atoms with Crippen molar-refractivity contribution in [2.75, 3.05) is 11.5 Å². The summed E-state index contributed by atoms with van der Waals surface area (Å²) in [4.78, 5) is 9.26. The Balaban J connectivity index is 0.00000259. The normalized spacial score (nSPS) is 9.94. The van der Waals surface area contributed by atoms with Crippen molar-refractivity contribution in [3.8, 4) is 23.7 Å². The van der Waals surface area contributed by atoms with Crippen molar-refractivity contribution in [3.05, 3.63) is 107 Å². The van der Waals surface area contributed by atoms with Gasteiger partial charge in [0.1, 0.15) is 0 Å². The molecule has 0 radical (unpaired) electrons. The van der Waals surface area contributed by atoms with Crippen LogP contribution in [0.5, 0.6) is 0 Å². The van der Waals surface area contributed by atoms with Gasteiger partial charge in [0.15, 0.2) is 0 Å². The lowest BCUT2D eigenvalue weighted by Crippen LogP contribution is -1.89. The molecule has 0 fully saturated rings. The number of fused-ring (bicyclic) bond motifs is 3. The lowest BCUT2D eigenvalue weighted by molar-refractivity contribution is 1.36. The highest BCUT2D eigenvalue weighted by atomic mass is 14.7. The van der Waals surface area contributed by atoms with Crippen LogP contribution >= 0.6 is 0 Å². The quantitative estimate of drug-likeness (QED) is 0.198. The van der Waals surface area contributed by atoms with Crippen LogP contribution in [0.3, 0.4) is 0 Å². The molecule has 0 aliphatic heterocycles. The average molecular weight is 427 g/mol. The van der Waals surface area contributed by atoms with Crippen LogP contribution in [-0.2, 0) is 0 Å². The summed E-state index contributed by atoms with van der Waals surface area (Å²) in [7, 11) is 0. The van der Waals surface area contributed by atoms with Crippen LogP contribution in [0.2, 0.25) is 0 Å². The van der Waals surface area contributed by atoms with Crippen molar-refractivity contribution in [2.24, 2.45) is 0 Å². The van der Waals surface area contributed by atoms with Crippen molar-refractivity contribution in [2.45, 2.75) is 7.43 Å². The minimum atomic E-state index is 0. The second-order valence-electron chi connectivity index (χ2n) is 7.41. The van der Waals surface area contributed by atoms with E-state index in [1.165, 1.54) is 0 Å². The third kappa shape index (κ3) is 4.77. The van der Waals surface area contributed by atoms with E-state index in [1.54, 1.807) is 12.4 Å². The lowest BCUT2D eigenvalue weighted by atomic mass is 10.1. The first-order valence-corrected chi connectivity index (χ1v) is 10.1. The molecule has 4 heteroatoms. The van der Waals surface area contributed by atoms with Gasteiger partial charge in [0, 0.05) is 56.8 Å². The Morgan fingerprint density at radius 2 is 0.939 bits per heavy atom. The Morgan fingerprint density at radius 1 is 0.515 bits per heavy atom. The summed E-state index contributed by atoms with van der Waals surface area (Å²) >= 11 is 0. The Hall–Kier alpha value is -4.80. The summed E-state index contributed by atoms with van der Waals surface area (Å²) < 4.78 is 0.